The van der Waals surface area contributed by atoms with E-state index >= 15 is 0 Å². The summed E-state index contributed by atoms with van der Waals surface area (Å²) in [6.07, 6.45) is 1.91. The highest BCUT2D eigenvalue weighted by Gasteiger charge is 2.10. The number of benzene rings is 1. The highest BCUT2D eigenvalue weighted by atomic mass is 16.5. The first-order valence-corrected chi connectivity index (χ1v) is 6.33. The molecule has 17 heavy (non-hydrogen) atoms. The van der Waals surface area contributed by atoms with Crippen LogP contribution in [0, 0.1) is 12.8 Å². The van der Waals surface area contributed by atoms with E-state index in [1.165, 1.54) is 11.1 Å². The van der Waals surface area contributed by atoms with Crippen LogP contribution in [0.3, 0.4) is 0 Å². The summed E-state index contributed by atoms with van der Waals surface area (Å²) in [5, 5.41) is 0. The van der Waals surface area contributed by atoms with Crippen LogP contribution in [-0.4, -0.2) is 19.7 Å². The Labute approximate surface area is 104 Å². The minimum atomic E-state index is 0.334. The number of rotatable bonds is 7. The first kappa shape index (κ1) is 14.0. The highest BCUT2D eigenvalue weighted by molar-refractivity contribution is 5.37. The van der Waals surface area contributed by atoms with Crippen LogP contribution in [0.2, 0.25) is 0 Å². The van der Waals surface area contributed by atoms with E-state index in [0.717, 1.165) is 25.2 Å². The first-order valence-electron chi connectivity index (χ1n) is 6.33. The molecular formula is C14H24N2O. The number of hydrogen-bond donors (Lipinski definition) is 2. The molecule has 0 aromatic heterocycles. The minimum absolute atomic E-state index is 0.334. The average molecular weight is 236 g/mol. The van der Waals surface area contributed by atoms with Crippen molar-refractivity contribution in [2.45, 2.75) is 26.7 Å². The Morgan fingerprint density at radius 2 is 1.94 bits per heavy atom. The van der Waals surface area contributed by atoms with Crippen molar-refractivity contribution in [2.24, 2.45) is 17.4 Å². The van der Waals surface area contributed by atoms with Crippen molar-refractivity contribution in [1.82, 2.24) is 0 Å². The third-order valence-electron chi connectivity index (χ3n) is 2.85. The molecule has 0 fully saturated rings. The molecule has 3 heteroatoms. The van der Waals surface area contributed by atoms with E-state index < -0.39 is 0 Å². The maximum Gasteiger partial charge on any atom is 0.122 e. The maximum absolute atomic E-state index is 5.75. The van der Waals surface area contributed by atoms with Gasteiger partial charge in [0.1, 0.15) is 5.75 Å². The normalized spacial score (nSPS) is 10.9. The van der Waals surface area contributed by atoms with Crippen molar-refractivity contribution >= 4 is 0 Å². The van der Waals surface area contributed by atoms with Crippen molar-refractivity contribution < 1.29 is 4.74 Å². The minimum Gasteiger partial charge on any atom is -0.493 e. The molecular weight excluding hydrogens is 212 g/mol. The molecule has 3 nitrogen and oxygen atoms in total. The molecule has 0 radical (unpaired) electrons. The SMILES string of the molecule is CCCOc1ccc(C)cc1CC(CN)CN. The highest BCUT2D eigenvalue weighted by Crippen LogP contribution is 2.23. The molecule has 0 aliphatic heterocycles. The predicted molar refractivity (Wildman–Crippen MR) is 72.3 cm³/mol. The summed E-state index contributed by atoms with van der Waals surface area (Å²) in [6, 6.07) is 6.29. The standard InChI is InChI=1S/C14H24N2O/c1-3-6-17-14-5-4-11(2)7-13(14)8-12(9-15)10-16/h4-5,7,12H,3,6,8-10,15-16H2,1-2H3. The van der Waals surface area contributed by atoms with Gasteiger partial charge in [-0.3, -0.25) is 0 Å². The topological polar surface area (TPSA) is 61.3 Å². The van der Waals surface area contributed by atoms with E-state index in [0.29, 0.717) is 19.0 Å². The van der Waals surface area contributed by atoms with E-state index in [4.69, 9.17) is 16.2 Å². The smallest absolute Gasteiger partial charge is 0.122 e. The Balaban J connectivity index is 2.82. The summed E-state index contributed by atoms with van der Waals surface area (Å²) in [4.78, 5) is 0. The molecule has 0 bridgehead atoms. The lowest BCUT2D eigenvalue weighted by Crippen LogP contribution is -2.25. The molecule has 96 valence electrons. The van der Waals surface area contributed by atoms with Gasteiger partial charge in [-0.1, -0.05) is 24.6 Å². The van der Waals surface area contributed by atoms with Crippen LogP contribution in [0.4, 0.5) is 0 Å². The number of aryl methyl sites for hydroxylation is 1. The Morgan fingerprint density at radius 3 is 2.53 bits per heavy atom. The Morgan fingerprint density at radius 1 is 1.24 bits per heavy atom. The van der Waals surface area contributed by atoms with Gasteiger partial charge in [-0.2, -0.15) is 0 Å². The zero-order valence-electron chi connectivity index (χ0n) is 10.9. The fraction of sp³-hybridized carbons (Fsp3) is 0.571. The molecule has 0 aliphatic carbocycles. The Hall–Kier alpha value is -1.06. The fourth-order valence-electron chi connectivity index (χ4n) is 1.79. The van der Waals surface area contributed by atoms with Crippen LogP contribution in [0.25, 0.3) is 0 Å². The quantitative estimate of drug-likeness (QED) is 0.759. The lowest BCUT2D eigenvalue weighted by molar-refractivity contribution is 0.312. The molecule has 0 amide bonds. The second-order valence-electron chi connectivity index (χ2n) is 4.50. The third-order valence-corrected chi connectivity index (χ3v) is 2.85. The van der Waals surface area contributed by atoms with E-state index in [-0.39, 0.29) is 0 Å². The largest absolute Gasteiger partial charge is 0.493 e. The molecule has 0 unspecified atom stereocenters. The van der Waals surface area contributed by atoms with Crippen LogP contribution >= 0.6 is 0 Å². The van der Waals surface area contributed by atoms with Crippen LogP contribution in [-0.2, 0) is 6.42 Å². The summed E-state index contributed by atoms with van der Waals surface area (Å²) < 4.78 is 5.75. The molecule has 0 atom stereocenters. The molecule has 0 aliphatic rings. The first-order chi connectivity index (χ1) is 8.21. The zero-order chi connectivity index (χ0) is 12.7. The third kappa shape index (κ3) is 4.36. The van der Waals surface area contributed by atoms with Crippen molar-refractivity contribution in [3.8, 4) is 5.75 Å². The second kappa shape index (κ2) is 7.30. The average Bonchev–Trinajstić information content (AvgIpc) is 2.35. The van der Waals surface area contributed by atoms with Crippen LogP contribution in [0.1, 0.15) is 24.5 Å². The van der Waals surface area contributed by atoms with Crippen LogP contribution in [0.15, 0.2) is 18.2 Å². The van der Waals surface area contributed by atoms with Crippen LogP contribution in [0.5, 0.6) is 5.75 Å². The lowest BCUT2D eigenvalue weighted by atomic mass is 9.97. The molecule has 1 aromatic carbocycles. The van der Waals surface area contributed by atoms with Gasteiger partial charge in [-0.25, -0.2) is 0 Å². The number of hydrogen-bond acceptors (Lipinski definition) is 3. The van der Waals surface area contributed by atoms with E-state index in [9.17, 15) is 0 Å². The maximum atomic E-state index is 5.75. The molecule has 0 saturated heterocycles. The summed E-state index contributed by atoms with van der Waals surface area (Å²) in [7, 11) is 0. The van der Waals surface area contributed by atoms with E-state index in [1.54, 1.807) is 0 Å². The molecule has 1 aromatic rings. The van der Waals surface area contributed by atoms with Crippen molar-refractivity contribution in [3.05, 3.63) is 29.3 Å². The van der Waals surface area contributed by atoms with Gasteiger partial charge in [0.25, 0.3) is 0 Å². The number of nitrogens with two attached hydrogens (primary N) is 2. The van der Waals surface area contributed by atoms with Gasteiger partial charge in [-0.05, 0) is 50.4 Å². The van der Waals surface area contributed by atoms with Gasteiger partial charge in [-0.15, -0.1) is 0 Å². The molecule has 0 heterocycles. The summed E-state index contributed by atoms with van der Waals surface area (Å²) in [5.41, 5.74) is 13.9. The predicted octanol–water partition coefficient (Wildman–Crippen LogP) is 1.86. The van der Waals surface area contributed by atoms with Gasteiger partial charge in [0.15, 0.2) is 0 Å². The Kier molecular flexibility index (Phi) is 6.01. The van der Waals surface area contributed by atoms with Crippen LogP contribution < -0.4 is 16.2 Å². The van der Waals surface area contributed by atoms with E-state index in [2.05, 4.69) is 26.0 Å². The van der Waals surface area contributed by atoms with Gasteiger partial charge < -0.3 is 16.2 Å². The van der Waals surface area contributed by atoms with Gasteiger partial charge >= 0.3 is 0 Å². The fourth-order valence-corrected chi connectivity index (χ4v) is 1.79. The second-order valence-corrected chi connectivity index (χ2v) is 4.50. The lowest BCUT2D eigenvalue weighted by Gasteiger charge is -2.16. The Bertz CT molecular complexity index is 335. The van der Waals surface area contributed by atoms with Crippen molar-refractivity contribution in [1.29, 1.82) is 0 Å². The summed E-state index contributed by atoms with van der Waals surface area (Å²) in [5.74, 6) is 1.31. The molecule has 0 saturated carbocycles. The number of ether oxygens (including phenoxy) is 1. The van der Waals surface area contributed by atoms with E-state index in [1.807, 2.05) is 6.07 Å². The van der Waals surface area contributed by atoms with Crippen molar-refractivity contribution in [2.75, 3.05) is 19.7 Å². The molecule has 1 rings (SSSR count). The van der Waals surface area contributed by atoms with Gasteiger partial charge in [0.2, 0.25) is 0 Å². The summed E-state index contributed by atoms with van der Waals surface area (Å²) in [6.45, 7) is 6.20. The molecule has 0 spiro atoms. The monoisotopic (exact) mass is 236 g/mol. The van der Waals surface area contributed by atoms with Gasteiger partial charge in [0.05, 0.1) is 6.61 Å². The zero-order valence-corrected chi connectivity index (χ0v) is 10.9. The van der Waals surface area contributed by atoms with Crippen molar-refractivity contribution in [3.63, 3.8) is 0 Å². The molecule has 4 N–H and O–H groups in total. The summed E-state index contributed by atoms with van der Waals surface area (Å²) >= 11 is 0. The van der Waals surface area contributed by atoms with Gasteiger partial charge in [0, 0.05) is 0 Å².